The van der Waals surface area contributed by atoms with Gasteiger partial charge in [-0.25, -0.2) is 0 Å². The van der Waals surface area contributed by atoms with Gasteiger partial charge in [0, 0.05) is 5.56 Å². The highest BCUT2D eigenvalue weighted by molar-refractivity contribution is 5.57. The molecule has 1 aromatic rings. The molecular weight excluding hydrogens is 158 g/mol. The van der Waals surface area contributed by atoms with E-state index in [0.29, 0.717) is 11.3 Å². The number of nitrogens with zero attached hydrogens (tertiary/aromatic N) is 1. The fourth-order valence-corrected chi connectivity index (χ4v) is 1.03. The Kier molecular flexibility index (Phi) is 2.52. The monoisotopic (exact) mass is 168 g/mol. The molecule has 0 bridgehead atoms. The maximum absolute atomic E-state index is 10.6. The molecule has 0 unspecified atom stereocenters. The van der Waals surface area contributed by atoms with Crippen molar-refractivity contribution in [2.24, 2.45) is 0 Å². The van der Waals surface area contributed by atoms with Crippen LogP contribution in [0.25, 0.3) is 0 Å². The number of methoxy groups -OCH3 is 1. The number of hydrogen-bond acceptors (Lipinski definition) is 4. The first-order valence-electron chi connectivity index (χ1n) is 3.46. The first-order chi connectivity index (χ1) is 5.66. The lowest BCUT2D eigenvalue weighted by Gasteiger charge is -2.24. The SMILES string of the molecule is COc1cccc(N([O-])O)c1C. The number of hydrogen-bond donors (Lipinski definition) is 1. The van der Waals surface area contributed by atoms with E-state index in [2.05, 4.69) is 0 Å². The summed E-state index contributed by atoms with van der Waals surface area (Å²) in [5, 5.41) is 19.0. The minimum absolute atomic E-state index is 0.169. The van der Waals surface area contributed by atoms with Crippen LogP contribution in [-0.4, -0.2) is 12.3 Å². The molecule has 0 saturated heterocycles. The highest BCUT2D eigenvalue weighted by atomic mass is 16.8. The minimum Gasteiger partial charge on any atom is -0.733 e. The smallest absolute Gasteiger partial charge is 0.123 e. The van der Waals surface area contributed by atoms with E-state index in [4.69, 9.17) is 9.94 Å². The summed E-state index contributed by atoms with van der Waals surface area (Å²) in [6.45, 7) is 1.70. The quantitative estimate of drug-likeness (QED) is 0.683. The van der Waals surface area contributed by atoms with Gasteiger partial charge in [-0.05, 0) is 19.1 Å². The van der Waals surface area contributed by atoms with E-state index in [9.17, 15) is 5.21 Å². The van der Waals surface area contributed by atoms with Crippen molar-refractivity contribution < 1.29 is 9.94 Å². The molecule has 66 valence electrons. The molecule has 0 aromatic heterocycles. The van der Waals surface area contributed by atoms with Gasteiger partial charge in [0.15, 0.2) is 0 Å². The number of rotatable bonds is 2. The van der Waals surface area contributed by atoms with Crippen LogP contribution in [0.1, 0.15) is 5.56 Å². The predicted molar refractivity (Wildman–Crippen MR) is 45.4 cm³/mol. The van der Waals surface area contributed by atoms with Gasteiger partial charge in [0.05, 0.1) is 12.8 Å². The van der Waals surface area contributed by atoms with Crippen molar-refractivity contribution in [2.45, 2.75) is 6.92 Å². The molecule has 0 radical (unpaired) electrons. The second kappa shape index (κ2) is 3.42. The van der Waals surface area contributed by atoms with Crippen LogP contribution in [0.2, 0.25) is 0 Å². The highest BCUT2D eigenvalue weighted by Crippen LogP contribution is 2.26. The minimum atomic E-state index is -0.169. The third-order valence-corrected chi connectivity index (χ3v) is 1.68. The van der Waals surface area contributed by atoms with Gasteiger partial charge >= 0.3 is 0 Å². The molecule has 1 N–H and O–H groups in total. The lowest BCUT2D eigenvalue weighted by atomic mass is 10.2. The zero-order valence-electron chi connectivity index (χ0n) is 6.94. The van der Waals surface area contributed by atoms with Gasteiger partial charge in [-0.2, -0.15) is 0 Å². The number of anilines is 1. The lowest BCUT2D eigenvalue weighted by molar-refractivity contribution is 0.295. The van der Waals surface area contributed by atoms with Gasteiger partial charge in [0.1, 0.15) is 5.75 Å². The molecule has 0 amide bonds. The summed E-state index contributed by atoms with van der Waals surface area (Å²) in [5.74, 6) is 0.586. The summed E-state index contributed by atoms with van der Waals surface area (Å²) in [7, 11) is 1.51. The van der Waals surface area contributed by atoms with E-state index in [-0.39, 0.29) is 10.9 Å². The molecule has 0 spiro atoms. The Balaban J connectivity index is 3.14. The van der Waals surface area contributed by atoms with E-state index in [1.54, 1.807) is 19.1 Å². The molecule has 0 aliphatic heterocycles. The van der Waals surface area contributed by atoms with E-state index >= 15 is 0 Å². The van der Waals surface area contributed by atoms with Gasteiger partial charge in [-0.15, -0.1) is 0 Å². The summed E-state index contributed by atoms with van der Waals surface area (Å²) >= 11 is 0. The van der Waals surface area contributed by atoms with E-state index in [1.807, 2.05) is 0 Å². The fraction of sp³-hybridized carbons (Fsp3) is 0.250. The van der Waals surface area contributed by atoms with Crippen molar-refractivity contribution in [3.63, 3.8) is 0 Å². The van der Waals surface area contributed by atoms with Crippen LogP contribution in [0.15, 0.2) is 18.2 Å². The molecule has 1 aromatic carbocycles. The average molecular weight is 168 g/mol. The zero-order chi connectivity index (χ0) is 9.14. The van der Waals surface area contributed by atoms with Crippen LogP contribution >= 0.6 is 0 Å². The second-order valence-electron chi connectivity index (χ2n) is 2.38. The van der Waals surface area contributed by atoms with Crippen LogP contribution < -0.4 is 9.96 Å². The second-order valence-corrected chi connectivity index (χ2v) is 2.38. The highest BCUT2D eigenvalue weighted by Gasteiger charge is 2.03. The van der Waals surface area contributed by atoms with Crippen LogP contribution in [-0.2, 0) is 0 Å². The van der Waals surface area contributed by atoms with Crippen molar-refractivity contribution in [1.82, 2.24) is 0 Å². The normalized spacial score (nSPS) is 9.67. The first-order valence-corrected chi connectivity index (χ1v) is 3.46. The van der Waals surface area contributed by atoms with Gasteiger partial charge < -0.3 is 15.2 Å². The van der Waals surface area contributed by atoms with E-state index in [1.165, 1.54) is 13.2 Å². The fourth-order valence-electron chi connectivity index (χ4n) is 1.03. The Morgan fingerprint density at radius 3 is 2.67 bits per heavy atom. The Labute approximate surface area is 70.5 Å². The van der Waals surface area contributed by atoms with E-state index < -0.39 is 0 Å². The Hall–Kier alpha value is -1.26. The van der Waals surface area contributed by atoms with Gasteiger partial charge in [0.25, 0.3) is 0 Å². The van der Waals surface area contributed by atoms with Gasteiger partial charge in [-0.3, -0.25) is 5.21 Å². The molecule has 4 nitrogen and oxygen atoms in total. The first kappa shape index (κ1) is 8.83. The van der Waals surface area contributed by atoms with Crippen molar-refractivity contribution in [2.75, 3.05) is 12.3 Å². The lowest BCUT2D eigenvalue weighted by Crippen LogP contribution is -2.08. The molecule has 0 saturated carbocycles. The predicted octanol–water partition coefficient (Wildman–Crippen LogP) is 1.70. The molecular formula is C8H10NO3-. The van der Waals surface area contributed by atoms with Crippen molar-refractivity contribution >= 4 is 5.69 Å². The van der Waals surface area contributed by atoms with Crippen LogP contribution in [0.3, 0.4) is 0 Å². The van der Waals surface area contributed by atoms with Crippen LogP contribution in [0, 0.1) is 12.1 Å². The zero-order valence-corrected chi connectivity index (χ0v) is 6.94. The topological polar surface area (TPSA) is 55.8 Å². The summed E-state index contributed by atoms with van der Waals surface area (Å²) in [6.07, 6.45) is 0. The largest absolute Gasteiger partial charge is 0.733 e. The Morgan fingerprint density at radius 2 is 2.17 bits per heavy atom. The molecule has 0 heterocycles. The number of benzene rings is 1. The van der Waals surface area contributed by atoms with Crippen LogP contribution in [0.5, 0.6) is 5.75 Å². The van der Waals surface area contributed by atoms with Gasteiger partial charge in [-0.1, -0.05) is 6.07 Å². The summed E-state index contributed by atoms with van der Waals surface area (Å²) < 4.78 is 4.96. The van der Waals surface area contributed by atoms with E-state index in [0.717, 1.165) is 0 Å². The summed E-state index contributed by atoms with van der Waals surface area (Å²) in [4.78, 5) is 0. The average Bonchev–Trinajstić information content (AvgIpc) is 2.04. The Morgan fingerprint density at radius 1 is 1.50 bits per heavy atom. The molecule has 0 atom stereocenters. The maximum Gasteiger partial charge on any atom is 0.123 e. The number of ether oxygens (including phenoxy) is 1. The standard InChI is InChI=1S/C8H10NO3/c1-6-7(9(10)11)4-3-5-8(6)12-2/h3-5,10H,1-2H3/q-1. The van der Waals surface area contributed by atoms with Gasteiger partial charge in [0.2, 0.25) is 0 Å². The third-order valence-electron chi connectivity index (χ3n) is 1.68. The van der Waals surface area contributed by atoms with Crippen molar-refractivity contribution in [1.29, 1.82) is 0 Å². The molecule has 4 heteroatoms. The van der Waals surface area contributed by atoms with Crippen molar-refractivity contribution in [3.8, 4) is 5.75 Å². The molecule has 1 rings (SSSR count). The Bertz CT molecular complexity index is 273. The van der Waals surface area contributed by atoms with Crippen LogP contribution in [0.4, 0.5) is 5.69 Å². The summed E-state index contributed by atoms with van der Waals surface area (Å²) in [5.41, 5.74) is 0.826. The summed E-state index contributed by atoms with van der Waals surface area (Å²) in [6, 6.07) is 4.88. The molecule has 0 fully saturated rings. The molecule has 0 aliphatic rings. The third kappa shape index (κ3) is 1.49. The molecule has 0 aliphatic carbocycles. The maximum atomic E-state index is 10.6. The molecule has 12 heavy (non-hydrogen) atoms. The van der Waals surface area contributed by atoms with Crippen molar-refractivity contribution in [3.05, 3.63) is 29.0 Å².